The number of hydrogen-bond acceptors (Lipinski definition) is 6. The summed E-state index contributed by atoms with van der Waals surface area (Å²) in [6, 6.07) is 3.98. The summed E-state index contributed by atoms with van der Waals surface area (Å²) in [6.45, 7) is 15.3. The van der Waals surface area contributed by atoms with Gasteiger partial charge in [0.2, 0.25) is 0 Å². The second-order valence-corrected chi connectivity index (χ2v) is 9.37. The molecule has 1 aromatic carbocycles. The molecule has 0 aliphatic carbocycles. The summed E-state index contributed by atoms with van der Waals surface area (Å²) in [4.78, 5) is 31.4. The number of amides is 1. The van der Waals surface area contributed by atoms with Crippen molar-refractivity contribution in [3.63, 3.8) is 0 Å². The van der Waals surface area contributed by atoms with E-state index < -0.39 is 17.6 Å². The molecule has 30 heavy (non-hydrogen) atoms. The largest absolute Gasteiger partial charge is 0.513 e. The molecule has 1 aliphatic heterocycles. The highest BCUT2D eigenvalue weighted by atomic mass is 16.8. The van der Waals surface area contributed by atoms with Crippen molar-refractivity contribution < 1.29 is 28.6 Å². The van der Waals surface area contributed by atoms with Gasteiger partial charge in [-0.2, -0.15) is 0 Å². The van der Waals surface area contributed by atoms with Crippen LogP contribution in [-0.4, -0.2) is 43.2 Å². The topological polar surface area (TPSA) is 74.3 Å². The lowest BCUT2D eigenvalue weighted by molar-refractivity contribution is -0.238. The zero-order chi connectivity index (χ0) is 22.9. The van der Waals surface area contributed by atoms with Gasteiger partial charge in [-0.25, -0.2) is 14.7 Å². The number of carbonyl (C=O) groups excluding carboxylic acids is 2. The number of hydrogen-bond donors (Lipinski definition) is 0. The molecular formula is C23H33NO6. The first kappa shape index (κ1) is 23.9. The fourth-order valence-electron chi connectivity index (χ4n) is 3.54. The molecule has 166 valence electrons. The van der Waals surface area contributed by atoms with Gasteiger partial charge in [-0.1, -0.05) is 38.5 Å². The maximum atomic E-state index is 13.4. The lowest BCUT2D eigenvalue weighted by Gasteiger charge is -2.31. The van der Waals surface area contributed by atoms with E-state index in [1.54, 1.807) is 13.8 Å². The molecule has 1 aliphatic rings. The molecule has 1 amide bonds. The molecule has 0 spiro atoms. The van der Waals surface area contributed by atoms with Gasteiger partial charge in [0.1, 0.15) is 5.54 Å². The number of benzene rings is 1. The molecule has 1 aromatic rings. The SMILES string of the molecule is COCON1C(=O)C(c2c(C)cc(C)cc2C)=C(OC(=O)OCC(C)(C)C)C1(C)C. The van der Waals surface area contributed by atoms with Crippen LogP contribution in [-0.2, 0) is 23.8 Å². The number of aryl methyl sites for hydroxylation is 3. The van der Waals surface area contributed by atoms with Crippen LogP contribution in [0.1, 0.15) is 56.9 Å². The van der Waals surface area contributed by atoms with Crippen LogP contribution in [0.3, 0.4) is 0 Å². The summed E-state index contributed by atoms with van der Waals surface area (Å²) in [5.74, 6) is -0.205. The lowest BCUT2D eigenvalue weighted by atomic mass is 9.91. The predicted molar refractivity (Wildman–Crippen MR) is 113 cm³/mol. The molecule has 0 aromatic heterocycles. The highest BCUT2D eigenvalue weighted by Crippen LogP contribution is 2.43. The van der Waals surface area contributed by atoms with E-state index >= 15 is 0 Å². The summed E-state index contributed by atoms with van der Waals surface area (Å²) in [7, 11) is 1.47. The molecule has 2 rings (SSSR count). The van der Waals surface area contributed by atoms with Crippen molar-refractivity contribution in [3.8, 4) is 0 Å². The van der Waals surface area contributed by atoms with E-state index in [1.165, 1.54) is 12.2 Å². The summed E-state index contributed by atoms with van der Waals surface area (Å²) < 4.78 is 15.9. The second-order valence-electron chi connectivity index (χ2n) is 9.37. The number of ether oxygens (including phenoxy) is 3. The van der Waals surface area contributed by atoms with E-state index in [2.05, 4.69) is 0 Å². The Morgan fingerprint density at radius 2 is 1.67 bits per heavy atom. The molecule has 0 radical (unpaired) electrons. The van der Waals surface area contributed by atoms with Gasteiger partial charge >= 0.3 is 6.16 Å². The fourth-order valence-corrected chi connectivity index (χ4v) is 3.54. The van der Waals surface area contributed by atoms with Crippen molar-refractivity contribution in [1.29, 1.82) is 0 Å². The van der Waals surface area contributed by atoms with Crippen molar-refractivity contribution in [2.75, 3.05) is 20.5 Å². The summed E-state index contributed by atoms with van der Waals surface area (Å²) >= 11 is 0. The average Bonchev–Trinajstić information content (AvgIpc) is 2.77. The second kappa shape index (κ2) is 8.78. The Morgan fingerprint density at radius 3 is 2.17 bits per heavy atom. The van der Waals surface area contributed by atoms with Crippen LogP contribution in [0.5, 0.6) is 0 Å². The highest BCUT2D eigenvalue weighted by molar-refractivity contribution is 6.23. The van der Waals surface area contributed by atoms with Gasteiger partial charge in [0.15, 0.2) is 12.6 Å². The van der Waals surface area contributed by atoms with Crippen LogP contribution in [0.4, 0.5) is 4.79 Å². The van der Waals surface area contributed by atoms with E-state index in [0.29, 0.717) is 5.57 Å². The van der Waals surface area contributed by atoms with Gasteiger partial charge < -0.3 is 14.2 Å². The summed E-state index contributed by atoms with van der Waals surface area (Å²) in [6.07, 6.45) is -0.852. The molecule has 0 N–H and O–H groups in total. The maximum Gasteiger partial charge on any atom is 0.513 e. The Balaban J connectivity index is 2.56. The zero-order valence-electron chi connectivity index (χ0n) is 19.5. The van der Waals surface area contributed by atoms with Crippen LogP contribution in [0.2, 0.25) is 0 Å². The van der Waals surface area contributed by atoms with Crippen LogP contribution >= 0.6 is 0 Å². The first-order valence-corrected chi connectivity index (χ1v) is 9.93. The van der Waals surface area contributed by atoms with Crippen LogP contribution in [0, 0.1) is 26.2 Å². The third-order valence-corrected chi connectivity index (χ3v) is 4.72. The van der Waals surface area contributed by atoms with Crippen LogP contribution in [0.25, 0.3) is 5.57 Å². The minimum Gasteiger partial charge on any atom is -0.433 e. The van der Waals surface area contributed by atoms with Crippen molar-refractivity contribution in [3.05, 3.63) is 40.1 Å². The van der Waals surface area contributed by atoms with E-state index in [-0.39, 0.29) is 24.6 Å². The van der Waals surface area contributed by atoms with Crippen LogP contribution < -0.4 is 0 Å². The third kappa shape index (κ3) is 5.02. The molecule has 0 saturated heterocycles. The van der Waals surface area contributed by atoms with Crippen molar-refractivity contribution >= 4 is 17.6 Å². The minimum absolute atomic E-state index is 0.115. The first-order chi connectivity index (χ1) is 13.8. The molecule has 7 nitrogen and oxygen atoms in total. The smallest absolute Gasteiger partial charge is 0.433 e. The maximum absolute atomic E-state index is 13.4. The minimum atomic E-state index is -1.05. The normalized spacial score (nSPS) is 16.3. The lowest BCUT2D eigenvalue weighted by Crippen LogP contribution is -2.44. The van der Waals surface area contributed by atoms with Gasteiger partial charge in [0, 0.05) is 7.11 Å². The standard InChI is InChI=1S/C23H33NO6/c1-14-10-15(2)17(16(3)11-14)18-19(30-21(26)28-12-22(4,5)6)23(7,8)24(20(18)25)29-13-27-9/h10-11H,12-13H2,1-9H3. The molecular weight excluding hydrogens is 386 g/mol. The predicted octanol–water partition coefficient (Wildman–Crippen LogP) is 4.68. The molecule has 7 heteroatoms. The fraction of sp³-hybridized carbons (Fsp3) is 0.565. The van der Waals surface area contributed by atoms with E-state index in [0.717, 1.165) is 22.3 Å². The monoisotopic (exact) mass is 419 g/mol. The number of hydroxylamine groups is 2. The number of nitrogens with zero attached hydrogens (tertiary/aromatic N) is 1. The number of rotatable bonds is 6. The molecule has 1 heterocycles. The van der Waals surface area contributed by atoms with Crippen LogP contribution in [0.15, 0.2) is 17.9 Å². The van der Waals surface area contributed by atoms with E-state index in [1.807, 2.05) is 53.7 Å². The van der Waals surface area contributed by atoms with Gasteiger partial charge in [0.05, 0.1) is 12.2 Å². The molecule has 0 bridgehead atoms. The molecule has 0 atom stereocenters. The molecule has 0 unspecified atom stereocenters. The highest BCUT2D eigenvalue weighted by Gasteiger charge is 2.50. The van der Waals surface area contributed by atoms with Gasteiger partial charge in [-0.15, -0.1) is 0 Å². The third-order valence-electron chi connectivity index (χ3n) is 4.72. The number of methoxy groups -OCH3 is 1. The van der Waals surface area contributed by atoms with Crippen molar-refractivity contribution in [1.82, 2.24) is 5.06 Å². The quantitative estimate of drug-likeness (QED) is 0.492. The Morgan fingerprint density at radius 1 is 1.10 bits per heavy atom. The Labute approximate surface area is 178 Å². The number of carbonyl (C=O) groups is 2. The van der Waals surface area contributed by atoms with Gasteiger partial charge in [0.25, 0.3) is 5.91 Å². The van der Waals surface area contributed by atoms with Crippen molar-refractivity contribution in [2.45, 2.75) is 60.9 Å². The summed E-state index contributed by atoms with van der Waals surface area (Å²) in [5, 5.41) is 1.19. The molecule has 0 fully saturated rings. The Bertz CT molecular complexity index is 840. The Kier molecular flexibility index (Phi) is 6.99. The van der Waals surface area contributed by atoms with Gasteiger partial charge in [-0.3, -0.25) is 4.79 Å². The Hall–Kier alpha value is -2.38. The summed E-state index contributed by atoms with van der Waals surface area (Å²) in [5.41, 5.74) is 2.65. The van der Waals surface area contributed by atoms with E-state index in [9.17, 15) is 9.59 Å². The van der Waals surface area contributed by atoms with Crippen molar-refractivity contribution in [2.24, 2.45) is 5.41 Å². The van der Waals surface area contributed by atoms with E-state index in [4.69, 9.17) is 19.0 Å². The zero-order valence-corrected chi connectivity index (χ0v) is 19.5. The molecule has 0 saturated carbocycles. The average molecular weight is 420 g/mol. The van der Waals surface area contributed by atoms with Gasteiger partial charge in [-0.05, 0) is 56.7 Å². The first-order valence-electron chi connectivity index (χ1n) is 9.93.